The fourth-order valence-electron chi connectivity index (χ4n) is 4.77. The van der Waals surface area contributed by atoms with Crippen molar-refractivity contribution in [3.63, 3.8) is 0 Å². The lowest BCUT2D eigenvalue weighted by atomic mass is 9.75. The summed E-state index contributed by atoms with van der Waals surface area (Å²) in [7, 11) is -0.879. The second kappa shape index (κ2) is 19.4. The zero-order valence-electron chi connectivity index (χ0n) is 22.6. The molecular formula is C31H50BNO2. The molecule has 1 aliphatic heterocycles. The van der Waals surface area contributed by atoms with Gasteiger partial charge in [-0.05, 0) is 56.1 Å². The molecule has 0 radical (unpaired) electrons. The van der Waals surface area contributed by atoms with E-state index in [0.29, 0.717) is 6.61 Å². The summed E-state index contributed by atoms with van der Waals surface area (Å²) in [5.74, 6) is 0. The van der Waals surface area contributed by atoms with Crippen LogP contribution >= 0.6 is 0 Å². The smallest absolute Gasteiger partial charge is 0.423 e. The van der Waals surface area contributed by atoms with Crippen LogP contribution in [0.3, 0.4) is 0 Å². The Morgan fingerprint density at radius 1 is 0.857 bits per heavy atom. The molecule has 0 amide bonds. The van der Waals surface area contributed by atoms with Crippen molar-refractivity contribution in [3.05, 3.63) is 60.2 Å². The highest BCUT2D eigenvalue weighted by Crippen LogP contribution is 2.22. The molecule has 0 fully saturated rings. The molecule has 2 rings (SSSR count). The van der Waals surface area contributed by atoms with Crippen molar-refractivity contribution in [1.82, 2.24) is 4.90 Å². The average molecular weight is 480 g/mol. The quantitative estimate of drug-likeness (QED) is 0.118. The molecule has 1 N–H and O–H groups in total. The fraction of sp³-hybridized carbons (Fsp3) is 0.613. The van der Waals surface area contributed by atoms with Gasteiger partial charge in [0, 0.05) is 25.4 Å². The van der Waals surface area contributed by atoms with Gasteiger partial charge in [-0.15, -0.1) is 0 Å². The minimum absolute atomic E-state index is 0.494. The summed E-state index contributed by atoms with van der Waals surface area (Å²) in [6.07, 6.45) is 30.0. The summed E-state index contributed by atoms with van der Waals surface area (Å²) >= 11 is 0. The van der Waals surface area contributed by atoms with Gasteiger partial charge in [-0.2, -0.15) is 0 Å². The molecule has 0 spiro atoms. The molecule has 0 aromatic heterocycles. The van der Waals surface area contributed by atoms with Gasteiger partial charge in [0.25, 0.3) is 0 Å². The van der Waals surface area contributed by atoms with Gasteiger partial charge in [-0.25, -0.2) is 0 Å². The Labute approximate surface area is 216 Å². The van der Waals surface area contributed by atoms with E-state index in [9.17, 15) is 5.02 Å². The van der Waals surface area contributed by atoms with Crippen molar-refractivity contribution in [3.8, 4) is 0 Å². The lowest BCUT2D eigenvalue weighted by Crippen LogP contribution is -2.38. The van der Waals surface area contributed by atoms with Crippen LogP contribution in [0, 0.1) is 0 Å². The summed E-state index contributed by atoms with van der Waals surface area (Å²) in [5, 5.41) is 10.5. The fourth-order valence-corrected chi connectivity index (χ4v) is 4.77. The molecule has 1 heterocycles. The van der Waals surface area contributed by atoms with Gasteiger partial charge in [0.15, 0.2) is 0 Å². The maximum Gasteiger partial charge on any atom is 0.491 e. The van der Waals surface area contributed by atoms with Crippen LogP contribution in [-0.4, -0.2) is 36.7 Å². The van der Waals surface area contributed by atoms with Crippen molar-refractivity contribution < 1.29 is 9.68 Å². The summed E-state index contributed by atoms with van der Waals surface area (Å²) in [6, 6.07) is 8.07. The Balaban J connectivity index is 1.59. The van der Waals surface area contributed by atoms with Crippen LogP contribution in [0.5, 0.6) is 0 Å². The normalized spacial score (nSPS) is 13.6. The van der Waals surface area contributed by atoms with E-state index in [1.165, 1.54) is 95.6 Å². The number of unbranched alkanes of at least 4 members (excludes halogenated alkanes) is 12. The maximum absolute atomic E-state index is 10.5. The van der Waals surface area contributed by atoms with Gasteiger partial charge >= 0.3 is 7.12 Å². The molecule has 0 saturated carbocycles. The maximum atomic E-state index is 10.5. The number of rotatable bonds is 20. The van der Waals surface area contributed by atoms with E-state index in [1.54, 1.807) is 0 Å². The second-order valence-corrected chi connectivity index (χ2v) is 9.76. The van der Waals surface area contributed by atoms with Crippen LogP contribution in [0.2, 0.25) is 0 Å². The van der Waals surface area contributed by atoms with Gasteiger partial charge in [-0.3, -0.25) is 0 Å². The molecule has 0 aliphatic carbocycles. The van der Waals surface area contributed by atoms with E-state index in [2.05, 4.69) is 48.3 Å². The third-order valence-electron chi connectivity index (χ3n) is 6.82. The first-order valence-corrected chi connectivity index (χ1v) is 14.4. The number of nitrogens with zero attached hydrogens (tertiary/aromatic N) is 1. The van der Waals surface area contributed by atoms with Crippen molar-refractivity contribution in [2.45, 2.75) is 104 Å². The Kier molecular flexibility index (Phi) is 16.3. The van der Waals surface area contributed by atoms with E-state index in [4.69, 9.17) is 4.65 Å². The van der Waals surface area contributed by atoms with E-state index in [1.807, 2.05) is 25.1 Å². The Morgan fingerprint density at radius 2 is 1.49 bits per heavy atom. The SMILES string of the molecule is CCCCCCCCC=CCCCCCCCCN1CC=CC=C1c1ccccc1B(O)OCC. The first-order chi connectivity index (χ1) is 17.3. The Bertz CT molecular complexity index is 758. The number of hydrogen-bond donors (Lipinski definition) is 1. The van der Waals surface area contributed by atoms with Crippen LogP contribution in [0.4, 0.5) is 0 Å². The summed E-state index contributed by atoms with van der Waals surface area (Å²) in [4.78, 5) is 2.44. The molecule has 0 bridgehead atoms. The molecular weight excluding hydrogens is 429 g/mol. The van der Waals surface area contributed by atoms with Crippen molar-refractivity contribution in [2.24, 2.45) is 0 Å². The summed E-state index contributed by atoms with van der Waals surface area (Å²) in [6.45, 7) is 6.66. The minimum atomic E-state index is -0.879. The zero-order valence-corrected chi connectivity index (χ0v) is 22.6. The molecule has 1 aromatic carbocycles. The molecule has 0 unspecified atom stereocenters. The van der Waals surface area contributed by atoms with Gasteiger partial charge in [-0.1, -0.05) is 113 Å². The van der Waals surface area contributed by atoms with E-state index in [0.717, 1.165) is 24.1 Å². The number of allylic oxidation sites excluding steroid dienone is 4. The van der Waals surface area contributed by atoms with Crippen LogP contribution in [-0.2, 0) is 4.65 Å². The minimum Gasteiger partial charge on any atom is -0.423 e. The molecule has 3 nitrogen and oxygen atoms in total. The van der Waals surface area contributed by atoms with Crippen LogP contribution < -0.4 is 5.46 Å². The Hall–Kier alpha value is -1.78. The van der Waals surface area contributed by atoms with E-state index in [-0.39, 0.29) is 0 Å². The monoisotopic (exact) mass is 479 g/mol. The number of hydrogen-bond acceptors (Lipinski definition) is 3. The lowest BCUT2D eigenvalue weighted by molar-refractivity contribution is 0.287. The van der Waals surface area contributed by atoms with E-state index < -0.39 is 7.12 Å². The predicted molar refractivity (Wildman–Crippen MR) is 154 cm³/mol. The highest BCUT2D eigenvalue weighted by molar-refractivity contribution is 6.61. The van der Waals surface area contributed by atoms with Gasteiger partial charge < -0.3 is 14.6 Å². The van der Waals surface area contributed by atoms with Crippen molar-refractivity contribution in [1.29, 1.82) is 0 Å². The molecule has 1 aromatic rings. The average Bonchev–Trinajstić information content (AvgIpc) is 2.89. The summed E-state index contributed by atoms with van der Waals surface area (Å²) < 4.78 is 5.48. The molecule has 35 heavy (non-hydrogen) atoms. The number of benzene rings is 1. The second-order valence-electron chi connectivity index (χ2n) is 9.76. The zero-order chi connectivity index (χ0) is 25.0. The van der Waals surface area contributed by atoms with Crippen LogP contribution in [0.15, 0.2) is 54.6 Å². The molecule has 194 valence electrons. The first kappa shape index (κ1) is 29.5. The van der Waals surface area contributed by atoms with E-state index >= 15 is 0 Å². The highest BCUT2D eigenvalue weighted by Gasteiger charge is 2.23. The molecule has 0 saturated heterocycles. The van der Waals surface area contributed by atoms with Gasteiger partial charge in [0.05, 0.1) is 0 Å². The van der Waals surface area contributed by atoms with Crippen LogP contribution in [0.25, 0.3) is 5.70 Å². The summed E-state index contributed by atoms with van der Waals surface area (Å²) in [5.41, 5.74) is 3.11. The molecule has 0 atom stereocenters. The largest absolute Gasteiger partial charge is 0.491 e. The highest BCUT2D eigenvalue weighted by atomic mass is 16.5. The first-order valence-electron chi connectivity index (χ1n) is 14.4. The third-order valence-corrected chi connectivity index (χ3v) is 6.82. The van der Waals surface area contributed by atoms with Gasteiger partial charge in [0.1, 0.15) is 0 Å². The van der Waals surface area contributed by atoms with Crippen LogP contribution in [0.1, 0.15) is 109 Å². The molecule has 4 heteroatoms. The topological polar surface area (TPSA) is 32.7 Å². The van der Waals surface area contributed by atoms with Gasteiger partial charge in [0.2, 0.25) is 0 Å². The standard InChI is InChI=1S/C31H50BNO2/c1-3-5-6-7-8-9-10-11-12-13-14-15-16-17-18-22-27-33-28-23-21-26-31(33)29-24-19-20-25-30(29)32(34)35-4-2/h11-12,19-21,23-26,34H,3-10,13-18,22,27-28H2,1-2H3. The predicted octanol–water partition coefficient (Wildman–Crippen LogP) is 7.66. The third kappa shape index (κ3) is 12.1. The Morgan fingerprint density at radius 3 is 2.17 bits per heavy atom. The van der Waals surface area contributed by atoms with Crippen molar-refractivity contribution >= 4 is 18.3 Å². The lowest BCUT2D eigenvalue weighted by Gasteiger charge is -2.30. The van der Waals surface area contributed by atoms with Crippen molar-refractivity contribution in [2.75, 3.05) is 19.7 Å². The molecule has 1 aliphatic rings.